The third-order valence-electron chi connectivity index (χ3n) is 5.91. The third-order valence-corrected chi connectivity index (χ3v) is 7.00. The second kappa shape index (κ2) is 10.3. The van der Waals surface area contributed by atoms with Gasteiger partial charge in [-0.05, 0) is 45.7 Å². The molecule has 2 amide bonds. The first-order chi connectivity index (χ1) is 15.7. The summed E-state index contributed by atoms with van der Waals surface area (Å²) in [7, 11) is 1.38. The zero-order valence-electron chi connectivity index (χ0n) is 18.4. The van der Waals surface area contributed by atoms with Crippen LogP contribution in [0.5, 0.6) is 5.88 Å². The predicted octanol–water partition coefficient (Wildman–Crippen LogP) is 0.793. The summed E-state index contributed by atoms with van der Waals surface area (Å²) in [6, 6.07) is 1.72. The predicted molar refractivity (Wildman–Crippen MR) is 118 cm³/mol. The van der Waals surface area contributed by atoms with Gasteiger partial charge in [0, 0.05) is 18.7 Å². The van der Waals surface area contributed by atoms with Gasteiger partial charge in [-0.25, -0.2) is 4.79 Å². The first kappa shape index (κ1) is 24.7. The van der Waals surface area contributed by atoms with E-state index < -0.39 is 39.5 Å². The van der Waals surface area contributed by atoms with Crippen LogP contribution in [0.25, 0.3) is 0 Å². The molecular weight excluding hydrogens is 454 g/mol. The molecule has 2 fully saturated rings. The van der Waals surface area contributed by atoms with E-state index >= 15 is 0 Å². The Morgan fingerprint density at radius 2 is 2.09 bits per heavy atom. The molecule has 13 heteroatoms. The van der Waals surface area contributed by atoms with Gasteiger partial charge in [0.15, 0.2) is 5.03 Å². The molecule has 0 radical (unpaired) electrons. The number of amides is 2. The molecule has 0 saturated carbocycles. The van der Waals surface area contributed by atoms with Crippen LogP contribution in [0.15, 0.2) is 17.2 Å². The van der Waals surface area contributed by atoms with Crippen molar-refractivity contribution in [1.29, 1.82) is 0 Å². The molecule has 3 heterocycles. The number of carboxylic acid groups (broad SMARTS) is 1. The van der Waals surface area contributed by atoms with E-state index in [1.54, 1.807) is 6.92 Å². The molecule has 0 bridgehead atoms. The minimum atomic E-state index is -1.23. The minimum absolute atomic E-state index is 0.0261. The number of nitrogens with zero attached hydrogens (tertiary/aromatic N) is 3. The Labute approximate surface area is 194 Å². The maximum atomic E-state index is 13.5. The number of aromatic nitrogens is 1. The number of rotatable bonds is 8. The van der Waals surface area contributed by atoms with Gasteiger partial charge < -0.3 is 25.4 Å². The van der Waals surface area contributed by atoms with Gasteiger partial charge >= 0.3 is 11.7 Å². The highest BCUT2D eigenvalue weighted by Gasteiger charge is 2.48. The fourth-order valence-electron chi connectivity index (χ4n) is 4.10. The summed E-state index contributed by atoms with van der Waals surface area (Å²) in [6.07, 6.45) is 1.59. The summed E-state index contributed by atoms with van der Waals surface area (Å²) >= 11 is 0.893. The highest BCUT2D eigenvalue weighted by atomic mass is 32.2. The van der Waals surface area contributed by atoms with Gasteiger partial charge in [-0.3, -0.25) is 19.7 Å². The average molecular weight is 482 g/mol. The molecule has 2 unspecified atom stereocenters. The molecule has 2 aliphatic heterocycles. The quantitative estimate of drug-likeness (QED) is 0.275. The Hall–Kier alpha value is -2.93. The van der Waals surface area contributed by atoms with Crippen LogP contribution >= 0.6 is 11.8 Å². The van der Waals surface area contributed by atoms with E-state index in [1.807, 2.05) is 0 Å². The summed E-state index contributed by atoms with van der Waals surface area (Å²) in [4.78, 5) is 54.4. The number of carbonyl (C=O) groups excluding carboxylic acids is 2. The Morgan fingerprint density at radius 1 is 1.39 bits per heavy atom. The number of pyridine rings is 1. The summed E-state index contributed by atoms with van der Waals surface area (Å²) in [5.41, 5.74) is -1.49. The molecule has 0 aromatic carbocycles. The standard InChI is InChI=1S/C20H27N5O7S/c1-12(33-17-13(25(30)31)5-6-15(22-17)32-2)16(26)23-20(7-9-21-10-8-20)19(29)24-11-3-4-14(24)18(27)28/h5-6,12,14,21H,3-4,7-11H2,1-2H3,(H,23,26)(H,27,28). The second-order valence-electron chi connectivity index (χ2n) is 8.01. The lowest BCUT2D eigenvalue weighted by atomic mass is 9.86. The van der Waals surface area contributed by atoms with E-state index in [2.05, 4.69) is 15.6 Å². The lowest BCUT2D eigenvalue weighted by Gasteiger charge is -2.41. The van der Waals surface area contributed by atoms with E-state index in [1.165, 1.54) is 24.1 Å². The number of likely N-dealkylation sites (tertiary alicyclic amines) is 1. The number of carbonyl (C=O) groups is 3. The third kappa shape index (κ3) is 5.36. The molecule has 2 atom stereocenters. The van der Waals surface area contributed by atoms with Crippen LogP contribution in [0, 0.1) is 10.1 Å². The molecule has 3 N–H and O–H groups in total. The molecule has 1 aromatic heterocycles. The molecule has 1 aromatic rings. The fourth-order valence-corrected chi connectivity index (χ4v) is 5.01. The monoisotopic (exact) mass is 481 g/mol. The molecular formula is C20H27N5O7S. The topological polar surface area (TPSA) is 164 Å². The molecule has 0 aliphatic carbocycles. The number of ether oxygens (including phenoxy) is 1. The smallest absolute Gasteiger partial charge is 0.326 e. The van der Waals surface area contributed by atoms with Crippen LogP contribution in [0.4, 0.5) is 5.69 Å². The number of hydrogen-bond donors (Lipinski definition) is 3. The highest BCUT2D eigenvalue weighted by Crippen LogP contribution is 2.33. The minimum Gasteiger partial charge on any atom is -0.481 e. The molecule has 180 valence electrons. The van der Waals surface area contributed by atoms with Crippen LogP contribution in [0.2, 0.25) is 0 Å². The Morgan fingerprint density at radius 3 is 2.70 bits per heavy atom. The number of hydrogen-bond acceptors (Lipinski definition) is 9. The maximum Gasteiger partial charge on any atom is 0.326 e. The van der Waals surface area contributed by atoms with E-state index in [0.717, 1.165) is 11.8 Å². The van der Waals surface area contributed by atoms with Gasteiger partial charge in [-0.2, -0.15) is 4.98 Å². The Kier molecular flexibility index (Phi) is 7.74. The molecule has 12 nitrogen and oxygen atoms in total. The fraction of sp³-hybridized carbons (Fsp3) is 0.600. The lowest BCUT2D eigenvalue weighted by molar-refractivity contribution is -0.388. The van der Waals surface area contributed by atoms with Gasteiger partial charge in [0.2, 0.25) is 17.7 Å². The summed E-state index contributed by atoms with van der Waals surface area (Å²) in [5, 5.41) is 26.1. The molecule has 2 aliphatic rings. The zero-order chi connectivity index (χ0) is 24.2. The number of nitro groups is 1. The van der Waals surface area contributed by atoms with Crippen molar-refractivity contribution in [3.8, 4) is 5.88 Å². The summed E-state index contributed by atoms with van der Waals surface area (Å²) in [6.45, 7) is 2.87. The van der Waals surface area contributed by atoms with Crippen LogP contribution in [-0.4, -0.2) is 81.3 Å². The molecule has 0 spiro atoms. The van der Waals surface area contributed by atoms with Crippen molar-refractivity contribution in [1.82, 2.24) is 20.5 Å². The van der Waals surface area contributed by atoms with Crippen molar-refractivity contribution >= 4 is 35.2 Å². The van der Waals surface area contributed by atoms with E-state index in [9.17, 15) is 29.6 Å². The van der Waals surface area contributed by atoms with Crippen molar-refractivity contribution in [2.45, 2.75) is 54.5 Å². The van der Waals surface area contributed by atoms with Crippen molar-refractivity contribution in [3.05, 3.63) is 22.2 Å². The average Bonchev–Trinajstić information content (AvgIpc) is 3.29. The van der Waals surface area contributed by atoms with Crippen molar-refractivity contribution < 1.29 is 29.2 Å². The SMILES string of the molecule is COc1ccc([N+](=O)[O-])c(SC(C)C(=O)NC2(C(=O)N3CCCC3C(=O)O)CCNCC2)n1. The number of aliphatic carboxylic acids is 1. The zero-order valence-corrected chi connectivity index (χ0v) is 19.2. The number of nitrogens with one attached hydrogen (secondary N) is 2. The van der Waals surface area contributed by atoms with Crippen LogP contribution < -0.4 is 15.4 Å². The van der Waals surface area contributed by atoms with Gasteiger partial charge in [-0.1, -0.05) is 11.8 Å². The maximum absolute atomic E-state index is 13.5. The number of methoxy groups -OCH3 is 1. The Balaban J connectivity index is 1.80. The van der Waals surface area contributed by atoms with E-state index in [0.29, 0.717) is 45.3 Å². The van der Waals surface area contributed by atoms with Gasteiger partial charge in [-0.15, -0.1) is 0 Å². The van der Waals surface area contributed by atoms with Crippen LogP contribution in [0.3, 0.4) is 0 Å². The number of thioether (sulfide) groups is 1. The van der Waals surface area contributed by atoms with Crippen molar-refractivity contribution in [2.75, 3.05) is 26.7 Å². The summed E-state index contributed by atoms with van der Waals surface area (Å²) in [5.74, 6) is -1.77. The molecule has 33 heavy (non-hydrogen) atoms. The van der Waals surface area contributed by atoms with E-state index in [4.69, 9.17) is 4.74 Å². The molecule has 2 saturated heterocycles. The highest BCUT2D eigenvalue weighted by molar-refractivity contribution is 8.00. The Bertz CT molecular complexity index is 937. The lowest BCUT2D eigenvalue weighted by Crippen LogP contribution is -2.65. The summed E-state index contributed by atoms with van der Waals surface area (Å²) < 4.78 is 5.03. The van der Waals surface area contributed by atoms with Gasteiger partial charge in [0.1, 0.15) is 11.6 Å². The largest absolute Gasteiger partial charge is 0.481 e. The number of piperidine rings is 1. The number of carboxylic acids is 1. The first-order valence-electron chi connectivity index (χ1n) is 10.6. The van der Waals surface area contributed by atoms with Gasteiger partial charge in [0.25, 0.3) is 0 Å². The van der Waals surface area contributed by atoms with Gasteiger partial charge in [0.05, 0.1) is 17.3 Å². The second-order valence-corrected chi connectivity index (χ2v) is 9.34. The van der Waals surface area contributed by atoms with E-state index in [-0.39, 0.29) is 16.6 Å². The molecule has 3 rings (SSSR count). The van der Waals surface area contributed by atoms with Crippen molar-refractivity contribution in [3.63, 3.8) is 0 Å². The first-order valence-corrected chi connectivity index (χ1v) is 11.5. The van der Waals surface area contributed by atoms with Crippen LogP contribution in [-0.2, 0) is 14.4 Å². The van der Waals surface area contributed by atoms with Crippen molar-refractivity contribution in [2.24, 2.45) is 0 Å². The normalized spacial score (nSPS) is 20.7. The van der Waals surface area contributed by atoms with Crippen LogP contribution in [0.1, 0.15) is 32.6 Å².